The van der Waals surface area contributed by atoms with Crippen molar-refractivity contribution in [2.45, 2.75) is 13.0 Å². The zero-order valence-electron chi connectivity index (χ0n) is 10.8. The van der Waals surface area contributed by atoms with Crippen molar-refractivity contribution in [3.8, 4) is 0 Å². The third-order valence-electron chi connectivity index (χ3n) is 2.58. The van der Waals surface area contributed by atoms with E-state index in [0.717, 1.165) is 18.6 Å². The van der Waals surface area contributed by atoms with Crippen LogP contribution >= 0.6 is 0 Å². The molecule has 0 saturated carbocycles. The lowest BCUT2D eigenvalue weighted by atomic mass is 10.2. The number of hydrogen-bond acceptors (Lipinski definition) is 5. The molecule has 1 heterocycles. The smallest absolute Gasteiger partial charge is 0.338 e. The maximum Gasteiger partial charge on any atom is 0.338 e. The van der Waals surface area contributed by atoms with Gasteiger partial charge in [-0.3, -0.25) is 4.79 Å². The number of amides is 1. The van der Waals surface area contributed by atoms with Gasteiger partial charge in [0.05, 0.1) is 11.3 Å². The summed E-state index contributed by atoms with van der Waals surface area (Å²) in [6.07, 6.45) is 2.04. The van der Waals surface area contributed by atoms with Gasteiger partial charge in [0, 0.05) is 25.4 Å². The number of aromatic carboxylic acids is 1. The van der Waals surface area contributed by atoms with Crippen molar-refractivity contribution in [1.29, 1.82) is 0 Å². The summed E-state index contributed by atoms with van der Waals surface area (Å²) in [6.45, 7) is 1.58. The number of hydrogen-bond donors (Lipinski definition) is 1. The van der Waals surface area contributed by atoms with Crippen LogP contribution in [0.15, 0.2) is 16.7 Å². The lowest BCUT2D eigenvalue weighted by Gasteiger charge is -2.23. The SMILES string of the molecule is CC(CS(C)(=O)=O)N(C)C(=O)c1cc(C(=O)O)co1. The first-order chi connectivity index (χ1) is 8.61. The Morgan fingerprint density at radius 1 is 1.47 bits per heavy atom. The van der Waals surface area contributed by atoms with E-state index in [-0.39, 0.29) is 17.1 Å². The molecule has 1 N–H and O–H groups in total. The molecule has 1 amide bonds. The van der Waals surface area contributed by atoms with Crippen molar-refractivity contribution in [2.75, 3.05) is 19.1 Å². The maximum atomic E-state index is 12.0. The number of carbonyl (C=O) groups excluding carboxylic acids is 1. The largest absolute Gasteiger partial charge is 0.478 e. The molecule has 0 aliphatic heterocycles. The Balaban J connectivity index is 2.84. The Labute approximate surface area is 110 Å². The molecule has 106 valence electrons. The van der Waals surface area contributed by atoms with Crippen molar-refractivity contribution in [3.63, 3.8) is 0 Å². The van der Waals surface area contributed by atoms with Crippen LogP contribution in [0.25, 0.3) is 0 Å². The second-order valence-electron chi connectivity index (χ2n) is 4.36. The number of sulfone groups is 1. The summed E-state index contributed by atoms with van der Waals surface area (Å²) in [7, 11) is -1.78. The first kappa shape index (κ1) is 15.2. The average molecular weight is 289 g/mol. The van der Waals surface area contributed by atoms with Crippen LogP contribution in [0.2, 0.25) is 0 Å². The maximum absolute atomic E-state index is 12.0. The molecular weight excluding hydrogens is 274 g/mol. The quantitative estimate of drug-likeness (QED) is 0.845. The Kier molecular flexibility index (Phi) is 4.35. The molecule has 7 nitrogen and oxygen atoms in total. The molecular formula is C11H15NO6S. The van der Waals surface area contributed by atoms with Gasteiger partial charge in [-0.15, -0.1) is 0 Å². The topological polar surface area (TPSA) is 105 Å². The van der Waals surface area contributed by atoms with Crippen LogP contribution in [0, 0.1) is 0 Å². The van der Waals surface area contributed by atoms with Gasteiger partial charge >= 0.3 is 5.97 Å². The second kappa shape index (κ2) is 5.43. The Morgan fingerprint density at radius 2 is 2.05 bits per heavy atom. The van der Waals surface area contributed by atoms with Crippen LogP contribution in [0.4, 0.5) is 0 Å². The normalized spacial score (nSPS) is 13.0. The van der Waals surface area contributed by atoms with Crippen molar-refractivity contribution in [2.24, 2.45) is 0 Å². The molecule has 1 rings (SSSR count). The summed E-state index contributed by atoms with van der Waals surface area (Å²) >= 11 is 0. The highest BCUT2D eigenvalue weighted by atomic mass is 32.2. The highest BCUT2D eigenvalue weighted by Crippen LogP contribution is 2.12. The molecule has 1 aromatic heterocycles. The molecule has 0 bridgehead atoms. The number of carboxylic acid groups (broad SMARTS) is 1. The monoisotopic (exact) mass is 289 g/mol. The fourth-order valence-electron chi connectivity index (χ4n) is 1.48. The van der Waals surface area contributed by atoms with E-state index in [1.807, 2.05) is 0 Å². The zero-order valence-corrected chi connectivity index (χ0v) is 11.6. The van der Waals surface area contributed by atoms with E-state index >= 15 is 0 Å². The molecule has 0 aromatic carbocycles. The van der Waals surface area contributed by atoms with Crippen LogP contribution in [-0.2, 0) is 9.84 Å². The number of rotatable bonds is 5. The van der Waals surface area contributed by atoms with Gasteiger partial charge < -0.3 is 14.4 Å². The summed E-state index contributed by atoms with van der Waals surface area (Å²) in [5, 5.41) is 8.72. The number of carbonyl (C=O) groups is 2. The van der Waals surface area contributed by atoms with Gasteiger partial charge in [0.2, 0.25) is 0 Å². The van der Waals surface area contributed by atoms with Crippen LogP contribution in [0.5, 0.6) is 0 Å². The molecule has 1 unspecified atom stereocenters. The lowest BCUT2D eigenvalue weighted by molar-refractivity contribution is 0.0693. The van der Waals surface area contributed by atoms with Gasteiger partial charge in [0.15, 0.2) is 5.76 Å². The van der Waals surface area contributed by atoms with E-state index < -0.39 is 27.8 Å². The fourth-order valence-corrected chi connectivity index (χ4v) is 2.58. The Hall–Kier alpha value is -1.83. The van der Waals surface area contributed by atoms with Crippen molar-refractivity contribution >= 4 is 21.7 Å². The number of furan rings is 1. The summed E-state index contributed by atoms with van der Waals surface area (Å²) in [4.78, 5) is 23.8. The first-order valence-electron chi connectivity index (χ1n) is 5.38. The minimum absolute atomic E-state index is 0.132. The third-order valence-corrected chi connectivity index (χ3v) is 3.67. The average Bonchev–Trinajstić information content (AvgIpc) is 2.73. The Morgan fingerprint density at radius 3 is 2.47 bits per heavy atom. The Bertz CT molecular complexity index is 588. The van der Waals surface area contributed by atoms with E-state index in [4.69, 9.17) is 9.52 Å². The van der Waals surface area contributed by atoms with Gasteiger partial charge in [-0.1, -0.05) is 0 Å². The van der Waals surface area contributed by atoms with E-state index in [0.29, 0.717) is 0 Å². The molecule has 19 heavy (non-hydrogen) atoms. The lowest BCUT2D eigenvalue weighted by Crippen LogP contribution is -2.39. The third kappa shape index (κ3) is 4.09. The van der Waals surface area contributed by atoms with E-state index in [9.17, 15) is 18.0 Å². The molecule has 1 atom stereocenters. The molecule has 0 radical (unpaired) electrons. The number of carboxylic acids is 1. The van der Waals surface area contributed by atoms with Gasteiger partial charge in [-0.2, -0.15) is 0 Å². The zero-order chi connectivity index (χ0) is 14.8. The summed E-state index contributed by atoms with van der Waals surface area (Å²) in [5.41, 5.74) is -0.132. The molecule has 0 aliphatic carbocycles. The van der Waals surface area contributed by atoms with Gasteiger partial charge in [-0.05, 0) is 6.92 Å². The summed E-state index contributed by atoms with van der Waals surface area (Å²) in [6, 6.07) is 0.565. The minimum atomic E-state index is -3.21. The van der Waals surface area contributed by atoms with E-state index in [1.54, 1.807) is 6.92 Å². The van der Waals surface area contributed by atoms with Crippen LogP contribution in [0.3, 0.4) is 0 Å². The van der Waals surface area contributed by atoms with Gasteiger partial charge in [-0.25, -0.2) is 13.2 Å². The van der Waals surface area contributed by atoms with Crippen LogP contribution < -0.4 is 0 Å². The van der Waals surface area contributed by atoms with Gasteiger partial charge in [0.25, 0.3) is 5.91 Å². The summed E-state index contributed by atoms with van der Waals surface area (Å²) < 4.78 is 27.2. The van der Waals surface area contributed by atoms with Gasteiger partial charge in [0.1, 0.15) is 16.1 Å². The van der Waals surface area contributed by atoms with Crippen molar-refractivity contribution < 1.29 is 27.5 Å². The molecule has 0 spiro atoms. The predicted molar refractivity (Wildman–Crippen MR) is 66.9 cm³/mol. The molecule has 0 aliphatic rings. The van der Waals surface area contributed by atoms with E-state index in [2.05, 4.69) is 0 Å². The number of nitrogens with zero attached hydrogens (tertiary/aromatic N) is 1. The van der Waals surface area contributed by atoms with Crippen molar-refractivity contribution in [3.05, 3.63) is 23.7 Å². The van der Waals surface area contributed by atoms with Crippen LogP contribution in [-0.4, -0.2) is 55.4 Å². The standard InChI is InChI=1S/C11H15NO6S/c1-7(6-19(3,16)17)12(2)10(13)9-4-8(5-18-9)11(14)15/h4-5,7H,6H2,1-3H3,(H,14,15). The fraction of sp³-hybridized carbons (Fsp3) is 0.455. The highest BCUT2D eigenvalue weighted by molar-refractivity contribution is 7.90. The summed E-state index contributed by atoms with van der Waals surface area (Å²) in [5.74, 6) is -2.08. The van der Waals surface area contributed by atoms with E-state index in [1.165, 1.54) is 11.9 Å². The second-order valence-corrected chi connectivity index (χ2v) is 6.55. The predicted octanol–water partition coefficient (Wildman–Crippen LogP) is 0.483. The molecule has 0 saturated heterocycles. The molecule has 8 heteroatoms. The molecule has 0 fully saturated rings. The van der Waals surface area contributed by atoms with Crippen molar-refractivity contribution in [1.82, 2.24) is 4.90 Å². The first-order valence-corrected chi connectivity index (χ1v) is 7.44. The molecule has 1 aromatic rings. The van der Waals surface area contributed by atoms with Crippen LogP contribution in [0.1, 0.15) is 27.8 Å². The minimum Gasteiger partial charge on any atom is -0.478 e. The highest BCUT2D eigenvalue weighted by Gasteiger charge is 2.24.